The maximum atomic E-state index is 12.4. The Bertz CT molecular complexity index is 590. The van der Waals surface area contributed by atoms with Gasteiger partial charge >= 0.3 is 64.5 Å². The molecule has 0 saturated carbocycles. The van der Waals surface area contributed by atoms with Crippen LogP contribution in [0.25, 0.3) is 0 Å². The largest absolute Gasteiger partial charge is 1.00 e. The number of halogens is 6. The van der Waals surface area contributed by atoms with Crippen LogP contribution < -0.4 is 56.8 Å². The third kappa shape index (κ3) is 5.13. The van der Waals surface area contributed by atoms with Crippen molar-refractivity contribution in [1.29, 1.82) is 0 Å². The van der Waals surface area contributed by atoms with Crippen molar-refractivity contribution in [3.05, 3.63) is 47.8 Å². The smallest absolute Gasteiger partial charge is 0.445 e. The van der Waals surface area contributed by atoms with Crippen LogP contribution >= 0.6 is 0 Å². The molecule has 0 N–H and O–H groups in total. The molecule has 0 aliphatic heterocycles. The Morgan fingerprint density at radius 3 is 2.00 bits per heavy atom. The Labute approximate surface area is 159 Å². The van der Waals surface area contributed by atoms with Crippen molar-refractivity contribution in [2.24, 2.45) is 0 Å². The van der Waals surface area contributed by atoms with Crippen LogP contribution in [0.1, 0.15) is 11.3 Å². The van der Waals surface area contributed by atoms with Gasteiger partial charge in [-0.1, -0.05) is 24.3 Å². The van der Waals surface area contributed by atoms with Crippen LogP contribution in [0.2, 0.25) is 0 Å². The molecule has 21 heavy (non-hydrogen) atoms. The fraction of sp³-hybridized carbons (Fsp3) is 0.182. The van der Waals surface area contributed by atoms with Gasteiger partial charge < -0.3 is 12.9 Å². The molecule has 0 amide bonds. The van der Waals surface area contributed by atoms with Crippen molar-refractivity contribution in [2.45, 2.75) is 12.7 Å². The number of nitrogens with zero attached hydrogens (tertiary/aromatic N) is 2. The third-order valence-corrected chi connectivity index (χ3v) is 2.63. The molecule has 0 aliphatic rings. The van der Waals surface area contributed by atoms with E-state index in [1.807, 2.05) is 0 Å². The minimum Gasteiger partial charge on any atom is -0.445 e. The molecule has 0 radical (unpaired) electrons. The Morgan fingerprint density at radius 1 is 1.00 bits per heavy atom. The van der Waals surface area contributed by atoms with Crippen LogP contribution in [-0.2, 0) is 12.7 Å². The molecule has 0 aliphatic carbocycles. The average Bonchev–Trinajstić information content (AvgIpc) is 2.77. The van der Waals surface area contributed by atoms with Gasteiger partial charge in [-0.25, -0.2) is 0 Å². The average molecular weight is 332 g/mol. The number of hydrogen-bond donors (Lipinski definition) is 0. The van der Waals surface area contributed by atoms with E-state index in [9.17, 15) is 26.1 Å². The normalized spacial score (nSPS) is 12.1. The predicted octanol–water partition coefficient (Wildman–Crippen LogP) is 0.00860. The standard InChI is InChI=1S/C11H8BF6N2.K/c13-11(14,15)10-5-6-20(19-10)7-8-1-3-9(4-2-8)12(16,17)18;/h1-6H,7H2;/q-1;+1. The molecule has 0 spiro atoms. The van der Waals surface area contributed by atoms with Gasteiger partial charge in [-0.3, -0.25) is 4.68 Å². The SMILES string of the molecule is F[B-](F)(F)c1ccc(Cn2ccc(C(F)(F)F)n2)cc1.[K+]. The molecule has 0 fully saturated rings. The molecule has 10 heteroatoms. The van der Waals surface area contributed by atoms with Crippen molar-refractivity contribution in [3.63, 3.8) is 0 Å². The summed E-state index contributed by atoms with van der Waals surface area (Å²) in [5.74, 6) is 0. The summed E-state index contributed by atoms with van der Waals surface area (Å²) < 4.78 is 75.2. The summed E-state index contributed by atoms with van der Waals surface area (Å²) in [6.07, 6.45) is -3.40. The van der Waals surface area contributed by atoms with Crippen LogP contribution in [0.4, 0.5) is 26.1 Å². The number of aromatic nitrogens is 2. The Balaban J connectivity index is 0.00000220. The fourth-order valence-electron chi connectivity index (χ4n) is 1.63. The molecule has 2 rings (SSSR count). The fourth-order valence-corrected chi connectivity index (χ4v) is 1.63. The quantitative estimate of drug-likeness (QED) is 0.572. The summed E-state index contributed by atoms with van der Waals surface area (Å²) in [6, 6.07) is 5.07. The molecule has 2 aromatic rings. The van der Waals surface area contributed by atoms with Crippen LogP contribution in [0.5, 0.6) is 0 Å². The molecule has 0 bridgehead atoms. The molecule has 108 valence electrons. The summed E-state index contributed by atoms with van der Waals surface area (Å²) >= 11 is 0. The number of hydrogen-bond acceptors (Lipinski definition) is 1. The van der Waals surface area contributed by atoms with E-state index in [-0.39, 0.29) is 57.9 Å². The van der Waals surface area contributed by atoms with E-state index >= 15 is 0 Å². The van der Waals surface area contributed by atoms with Crippen molar-refractivity contribution in [2.75, 3.05) is 0 Å². The van der Waals surface area contributed by atoms with E-state index in [2.05, 4.69) is 5.10 Å². The molecule has 1 heterocycles. The Kier molecular flexibility index (Phi) is 6.13. The first-order valence-corrected chi connectivity index (χ1v) is 5.56. The topological polar surface area (TPSA) is 17.8 Å². The van der Waals surface area contributed by atoms with Gasteiger partial charge in [0.1, 0.15) is 0 Å². The van der Waals surface area contributed by atoms with Gasteiger partial charge in [0.25, 0.3) is 0 Å². The molecule has 2 nitrogen and oxygen atoms in total. The van der Waals surface area contributed by atoms with Crippen molar-refractivity contribution in [3.8, 4) is 0 Å². The van der Waals surface area contributed by atoms with Crippen molar-refractivity contribution in [1.82, 2.24) is 9.78 Å². The maximum absolute atomic E-state index is 12.4. The van der Waals surface area contributed by atoms with Crippen LogP contribution in [0.15, 0.2) is 36.5 Å². The predicted molar refractivity (Wildman–Crippen MR) is 61.5 cm³/mol. The Morgan fingerprint density at radius 2 is 1.57 bits per heavy atom. The zero-order valence-corrected chi connectivity index (χ0v) is 14.0. The van der Waals surface area contributed by atoms with Crippen LogP contribution in [-0.4, -0.2) is 16.8 Å². The molecular formula is C11H8BF6KN2. The van der Waals surface area contributed by atoms with Gasteiger partial charge in [0, 0.05) is 6.20 Å². The maximum Gasteiger partial charge on any atom is 1.00 e. The second-order valence-corrected chi connectivity index (χ2v) is 4.21. The van der Waals surface area contributed by atoms with E-state index in [0.29, 0.717) is 5.56 Å². The molecule has 0 unspecified atom stereocenters. The first-order valence-electron chi connectivity index (χ1n) is 5.56. The summed E-state index contributed by atoms with van der Waals surface area (Å²) in [5.41, 5.74) is -1.34. The van der Waals surface area contributed by atoms with Gasteiger partial charge in [0.05, 0.1) is 6.54 Å². The summed E-state index contributed by atoms with van der Waals surface area (Å²) in [5, 5.41) is 3.32. The minimum atomic E-state index is -5.07. The van der Waals surface area contributed by atoms with Crippen molar-refractivity contribution < 1.29 is 77.5 Å². The monoisotopic (exact) mass is 332 g/mol. The minimum absolute atomic E-state index is 0. The van der Waals surface area contributed by atoms with E-state index < -0.39 is 24.3 Å². The van der Waals surface area contributed by atoms with E-state index in [0.717, 1.165) is 29.1 Å². The summed E-state index contributed by atoms with van der Waals surface area (Å²) in [7, 11) is 0. The van der Waals surface area contributed by atoms with Gasteiger partial charge in [-0.05, 0) is 11.6 Å². The summed E-state index contributed by atoms with van der Waals surface area (Å²) in [6.45, 7) is -5.09. The number of alkyl halides is 3. The second kappa shape index (κ2) is 6.86. The zero-order valence-electron chi connectivity index (χ0n) is 10.9. The van der Waals surface area contributed by atoms with Gasteiger partial charge in [0.2, 0.25) is 0 Å². The van der Waals surface area contributed by atoms with E-state index in [1.54, 1.807) is 0 Å². The van der Waals surface area contributed by atoms with Crippen LogP contribution in [0.3, 0.4) is 0 Å². The first kappa shape index (κ1) is 18.8. The third-order valence-electron chi connectivity index (χ3n) is 2.63. The number of benzene rings is 1. The zero-order chi connectivity index (χ0) is 15.0. The van der Waals surface area contributed by atoms with Gasteiger partial charge in [-0.2, -0.15) is 18.3 Å². The molecule has 1 aromatic heterocycles. The van der Waals surface area contributed by atoms with Crippen molar-refractivity contribution >= 4 is 12.4 Å². The van der Waals surface area contributed by atoms with Gasteiger partial charge in [-0.15, -0.1) is 5.46 Å². The van der Waals surface area contributed by atoms with E-state index in [4.69, 9.17) is 0 Å². The number of rotatable bonds is 3. The second-order valence-electron chi connectivity index (χ2n) is 4.21. The summed E-state index contributed by atoms with van der Waals surface area (Å²) in [4.78, 5) is 0. The first-order chi connectivity index (χ1) is 9.16. The molecule has 1 aromatic carbocycles. The van der Waals surface area contributed by atoms with Gasteiger partial charge in [0.15, 0.2) is 5.69 Å². The molecule has 0 saturated heterocycles. The molecular weight excluding hydrogens is 324 g/mol. The molecule has 0 atom stereocenters. The van der Waals surface area contributed by atoms with Crippen LogP contribution in [0, 0.1) is 0 Å². The van der Waals surface area contributed by atoms with E-state index in [1.165, 1.54) is 12.1 Å². The Hall–Kier alpha value is -0.289.